The third-order valence-electron chi connectivity index (χ3n) is 2.74. The van der Waals surface area contributed by atoms with E-state index in [0.29, 0.717) is 5.92 Å². The van der Waals surface area contributed by atoms with Gasteiger partial charge in [-0.1, -0.05) is 26.0 Å². The van der Waals surface area contributed by atoms with E-state index in [4.69, 9.17) is 0 Å². The smallest absolute Gasteiger partial charge is 0.0635 e. The highest BCUT2D eigenvalue weighted by atomic mass is 16.3. The lowest BCUT2D eigenvalue weighted by Crippen LogP contribution is -2.29. The average molecular weight is 207 g/mol. The molecule has 1 rings (SSSR count). The van der Waals surface area contributed by atoms with Crippen LogP contribution in [0.25, 0.3) is 0 Å². The van der Waals surface area contributed by atoms with Gasteiger partial charge in [0.05, 0.1) is 12.6 Å². The van der Waals surface area contributed by atoms with Gasteiger partial charge in [-0.2, -0.15) is 0 Å². The minimum absolute atomic E-state index is 0.130. The number of benzene rings is 1. The van der Waals surface area contributed by atoms with E-state index in [1.165, 1.54) is 11.1 Å². The molecule has 2 heteroatoms. The number of rotatable bonds is 4. The van der Waals surface area contributed by atoms with Gasteiger partial charge in [0.1, 0.15) is 0 Å². The zero-order valence-electron chi connectivity index (χ0n) is 10.0. The molecule has 15 heavy (non-hydrogen) atoms. The number of anilines is 1. The minimum Gasteiger partial charge on any atom is -0.394 e. The Balaban J connectivity index is 2.82. The third-order valence-corrected chi connectivity index (χ3v) is 2.74. The molecule has 0 radical (unpaired) electrons. The summed E-state index contributed by atoms with van der Waals surface area (Å²) in [4.78, 5) is 0. The summed E-state index contributed by atoms with van der Waals surface area (Å²) in [5, 5.41) is 12.6. The highest BCUT2D eigenvalue weighted by molar-refractivity contribution is 5.53. The van der Waals surface area contributed by atoms with E-state index < -0.39 is 0 Å². The van der Waals surface area contributed by atoms with Crippen molar-refractivity contribution >= 4 is 5.69 Å². The lowest BCUT2D eigenvalue weighted by molar-refractivity contribution is 0.249. The van der Waals surface area contributed by atoms with Crippen molar-refractivity contribution in [1.29, 1.82) is 0 Å². The van der Waals surface area contributed by atoms with Crippen LogP contribution in [-0.2, 0) is 0 Å². The largest absolute Gasteiger partial charge is 0.394 e. The summed E-state index contributed by atoms with van der Waals surface area (Å²) in [5.74, 6) is 0.426. The van der Waals surface area contributed by atoms with Gasteiger partial charge in [0.2, 0.25) is 0 Å². The first-order valence-electron chi connectivity index (χ1n) is 5.49. The number of hydrogen-bond acceptors (Lipinski definition) is 2. The standard InChI is InChI=1S/C13H21NO/c1-9(2)13(8-15)14-12-7-10(3)5-6-11(12)4/h5-7,9,13-15H,8H2,1-4H3. The molecule has 0 saturated carbocycles. The van der Waals surface area contributed by atoms with Gasteiger partial charge < -0.3 is 10.4 Å². The summed E-state index contributed by atoms with van der Waals surface area (Å²) in [6, 6.07) is 6.46. The molecule has 0 aliphatic heterocycles. The number of nitrogens with one attached hydrogen (secondary N) is 1. The fourth-order valence-corrected chi connectivity index (χ4v) is 1.51. The lowest BCUT2D eigenvalue weighted by atomic mass is 10.0. The maximum absolute atomic E-state index is 9.26. The molecule has 84 valence electrons. The van der Waals surface area contributed by atoms with Crippen molar-refractivity contribution in [3.05, 3.63) is 29.3 Å². The molecule has 1 unspecified atom stereocenters. The molecule has 0 fully saturated rings. The highest BCUT2D eigenvalue weighted by Gasteiger charge is 2.12. The lowest BCUT2D eigenvalue weighted by Gasteiger charge is -2.22. The molecule has 2 nitrogen and oxygen atoms in total. The molecular weight excluding hydrogens is 186 g/mol. The van der Waals surface area contributed by atoms with Gasteiger partial charge in [-0.25, -0.2) is 0 Å². The van der Waals surface area contributed by atoms with Crippen LogP contribution in [0.15, 0.2) is 18.2 Å². The number of aliphatic hydroxyl groups is 1. The second kappa shape index (κ2) is 5.17. The maximum atomic E-state index is 9.26. The van der Waals surface area contributed by atoms with Crippen molar-refractivity contribution in [3.8, 4) is 0 Å². The topological polar surface area (TPSA) is 32.3 Å². The molecule has 0 aliphatic carbocycles. The summed E-state index contributed by atoms with van der Waals surface area (Å²) in [5.41, 5.74) is 3.59. The van der Waals surface area contributed by atoms with Gasteiger partial charge in [-0.15, -0.1) is 0 Å². The fourth-order valence-electron chi connectivity index (χ4n) is 1.51. The maximum Gasteiger partial charge on any atom is 0.0635 e. The van der Waals surface area contributed by atoms with Gasteiger partial charge in [-0.3, -0.25) is 0 Å². The minimum atomic E-state index is 0.130. The third kappa shape index (κ3) is 3.24. The highest BCUT2D eigenvalue weighted by Crippen LogP contribution is 2.19. The van der Waals surface area contributed by atoms with Crippen LogP contribution in [0.3, 0.4) is 0 Å². The van der Waals surface area contributed by atoms with Gasteiger partial charge in [0, 0.05) is 5.69 Å². The number of aliphatic hydroxyl groups excluding tert-OH is 1. The van der Waals surface area contributed by atoms with Crippen LogP contribution in [0.4, 0.5) is 5.69 Å². The Morgan fingerprint density at radius 3 is 2.47 bits per heavy atom. The summed E-state index contributed by atoms with van der Waals surface area (Å²) in [6.07, 6.45) is 0. The van der Waals surface area contributed by atoms with E-state index in [-0.39, 0.29) is 12.6 Å². The van der Waals surface area contributed by atoms with Crippen molar-refractivity contribution in [2.75, 3.05) is 11.9 Å². The summed E-state index contributed by atoms with van der Waals surface area (Å²) < 4.78 is 0. The first kappa shape index (κ1) is 12.1. The summed E-state index contributed by atoms with van der Waals surface area (Å²) in [6.45, 7) is 8.55. The van der Waals surface area contributed by atoms with Crippen LogP contribution >= 0.6 is 0 Å². The predicted octanol–water partition coefficient (Wildman–Crippen LogP) is 2.73. The molecule has 1 atom stereocenters. The van der Waals surface area contributed by atoms with Gasteiger partial charge >= 0.3 is 0 Å². The molecule has 0 saturated heterocycles. The van der Waals surface area contributed by atoms with Gasteiger partial charge in [-0.05, 0) is 37.0 Å². The molecule has 1 aromatic carbocycles. The van der Waals surface area contributed by atoms with E-state index in [2.05, 4.69) is 51.2 Å². The van der Waals surface area contributed by atoms with Crippen molar-refractivity contribution in [3.63, 3.8) is 0 Å². The molecule has 0 aliphatic rings. The second-order valence-electron chi connectivity index (χ2n) is 4.50. The number of aryl methyl sites for hydroxylation is 2. The van der Waals surface area contributed by atoms with E-state index >= 15 is 0 Å². The molecule has 0 spiro atoms. The first-order valence-corrected chi connectivity index (χ1v) is 5.49. The van der Waals surface area contributed by atoms with Gasteiger partial charge in [0.15, 0.2) is 0 Å². The summed E-state index contributed by atoms with van der Waals surface area (Å²) >= 11 is 0. The predicted molar refractivity (Wildman–Crippen MR) is 65.3 cm³/mol. The Morgan fingerprint density at radius 2 is 1.93 bits per heavy atom. The Hall–Kier alpha value is -1.02. The SMILES string of the molecule is Cc1ccc(C)c(NC(CO)C(C)C)c1. The second-order valence-corrected chi connectivity index (χ2v) is 4.50. The van der Waals surface area contributed by atoms with E-state index in [9.17, 15) is 5.11 Å². The van der Waals surface area contributed by atoms with E-state index in [0.717, 1.165) is 5.69 Å². The van der Waals surface area contributed by atoms with Crippen LogP contribution in [0.5, 0.6) is 0 Å². The Morgan fingerprint density at radius 1 is 1.27 bits per heavy atom. The monoisotopic (exact) mass is 207 g/mol. The molecule has 2 N–H and O–H groups in total. The molecule has 0 heterocycles. The van der Waals surface area contributed by atoms with Crippen molar-refractivity contribution in [1.82, 2.24) is 0 Å². The molecular formula is C13H21NO. The summed E-state index contributed by atoms with van der Waals surface area (Å²) in [7, 11) is 0. The molecule has 0 aromatic heterocycles. The quantitative estimate of drug-likeness (QED) is 0.795. The zero-order valence-corrected chi connectivity index (χ0v) is 10.0. The molecule has 0 amide bonds. The van der Waals surface area contributed by atoms with Crippen molar-refractivity contribution < 1.29 is 5.11 Å². The van der Waals surface area contributed by atoms with E-state index in [1.54, 1.807) is 0 Å². The first-order chi connectivity index (χ1) is 7.04. The Labute approximate surface area is 92.3 Å². The van der Waals surface area contributed by atoms with Crippen LogP contribution in [-0.4, -0.2) is 17.8 Å². The van der Waals surface area contributed by atoms with Crippen molar-refractivity contribution in [2.24, 2.45) is 5.92 Å². The van der Waals surface area contributed by atoms with Crippen LogP contribution in [0.2, 0.25) is 0 Å². The van der Waals surface area contributed by atoms with Crippen LogP contribution < -0.4 is 5.32 Å². The normalized spacial score (nSPS) is 12.9. The van der Waals surface area contributed by atoms with Crippen LogP contribution in [0, 0.1) is 19.8 Å². The molecule has 0 bridgehead atoms. The number of hydrogen-bond donors (Lipinski definition) is 2. The van der Waals surface area contributed by atoms with Gasteiger partial charge in [0.25, 0.3) is 0 Å². The van der Waals surface area contributed by atoms with Crippen LogP contribution in [0.1, 0.15) is 25.0 Å². The molecule has 1 aromatic rings. The average Bonchev–Trinajstić information content (AvgIpc) is 2.18. The zero-order chi connectivity index (χ0) is 11.4. The van der Waals surface area contributed by atoms with Crippen molar-refractivity contribution in [2.45, 2.75) is 33.7 Å². The fraction of sp³-hybridized carbons (Fsp3) is 0.538. The Kier molecular flexibility index (Phi) is 4.15. The van der Waals surface area contributed by atoms with E-state index in [1.807, 2.05) is 0 Å². The Bertz CT molecular complexity index is 320.